The van der Waals surface area contributed by atoms with E-state index in [-0.39, 0.29) is 29.8 Å². The molecule has 0 aromatic heterocycles. The van der Waals surface area contributed by atoms with Crippen molar-refractivity contribution >= 4 is 0 Å². The van der Waals surface area contributed by atoms with Gasteiger partial charge in [-0.2, -0.15) is 0 Å². The molecule has 0 aromatic rings. The third-order valence-corrected chi connectivity index (χ3v) is 7.31. The molecule has 23 heavy (non-hydrogen) atoms. The van der Waals surface area contributed by atoms with E-state index in [2.05, 4.69) is 26.8 Å². The Morgan fingerprint density at radius 2 is 2.00 bits per heavy atom. The second-order valence-electron chi connectivity index (χ2n) is 9.31. The zero-order valence-corrected chi connectivity index (χ0v) is 15.1. The van der Waals surface area contributed by atoms with Crippen molar-refractivity contribution in [3.63, 3.8) is 0 Å². The molecule has 0 unspecified atom stereocenters. The zero-order chi connectivity index (χ0) is 17.0. The van der Waals surface area contributed by atoms with Gasteiger partial charge in [0.25, 0.3) is 0 Å². The van der Waals surface area contributed by atoms with Gasteiger partial charge in [-0.15, -0.1) is 0 Å². The minimum absolute atomic E-state index is 0.118. The average molecular weight is 322 g/mol. The van der Waals surface area contributed by atoms with E-state index in [1.165, 1.54) is 18.4 Å². The number of aliphatic hydroxyl groups excluding tert-OH is 2. The highest BCUT2D eigenvalue weighted by atomic mass is 16.3. The molecule has 0 radical (unpaired) electrons. The van der Waals surface area contributed by atoms with Crippen molar-refractivity contribution in [2.45, 2.75) is 71.5 Å². The maximum Gasteiger partial charge on any atom is 0.0709 e. The summed E-state index contributed by atoms with van der Waals surface area (Å²) in [6, 6.07) is 0. The van der Waals surface area contributed by atoms with Gasteiger partial charge in [-0.3, -0.25) is 0 Å². The van der Waals surface area contributed by atoms with Crippen LogP contribution in [0, 0.1) is 35.0 Å². The van der Waals surface area contributed by atoms with Crippen molar-refractivity contribution in [3.8, 4) is 0 Å². The van der Waals surface area contributed by atoms with Crippen molar-refractivity contribution in [2.24, 2.45) is 35.0 Å². The van der Waals surface area contributed by atoms with Crippen molar-refractivity contribution in [1.29, 1.82) is 0 Å². The Hall–Kier alpha value is -0.380. The Morgan fingerprint density at radius 1 is 1.30 bits per heavy atom. The van der Waals surface area contributed by atoms with E-state index >= 15 is 0 Å². The van der Waals surface area contributed by atoms with E-state index in [1.54, 1.807) is 0 Å². The van der Waals surface area contributed by atoms with Crippen molar-refractivity contribution in [2.75, 3.05) is 6.61 Å². The van der Waals surface area contributed by atoms with Gasteiger partial charge in [0.1, 0.15) is 0 Å². The predicted molar refractivity (Wildman–Crippen MR) is 91.8 cm³/mol. The van der Waals surface area contributed by atoms with Gasteiger partial charge in [0.05, 0.1) is 11.7 Å². The van der Waals surface area contributed by atoms with E-state index < -0.39 is 11.7 Å². The van der Waals surface area contributed by atoms with Crippen LogP contribution in [0.1, 0.15) is 59.8 Å². The van der Waals surface area contributed by atoms with Gasteiger partial charge in [0, 0.05) is 12.5 Å². The molecule has 7 atom stereocenters. The van der Waals surface area contributed by atoms with Crippen LogP contribution in [0.25, 0.3) is 0 Å². The number of aliphatic hydroxyl groups is 3. The lowest BCUT2D eigenvalue weighted by molar-refractivity contribution is -0.0709. The molecule has 2 saturated carbocycles. The normalized spacial score (nSPS) is 50.3. The van der Waals surface area contributed by atoms with Gasteiger partial charge in [-0.1, -0.05) is 32.4 Å². The molecular formula is C20H34O3. The van der Waals surface area contributed by atoms with Crippen molar-refractivity contribution in [3.05, 3.63) is 11.6 Å². The number of hydrogen-bond donors (Lipinski definition) is 3. The Labute approximate surface area is 140 Å². The van der Waals surface area contributed by atoms with Crippen LogP contribution in [0.4, 0.5) is 0 Å². The monoisotopic (exact) mass is 322 g/mol. The first kappa shape index (κ1) is 17.4. The molecular weight excluding hydrogens is 288 g/mol. The first-order valence-electron chi connectivity index (χ1n) is 9.41. The molecule has 0 aromatic carbocycles. The van der Waals surface area contributed by atoms with Crippen LogP contribution in [0.5, 0.6) is 0 Å². The van der Waals surface area contributed by atoms with Gasteiger partial charge >= 0.3 is 0 Å². The largest absolute Gasteiger partial charge is 0.396 e. The number of allylic oxidation sites excluding steroid dienone is 1. The highest BCUT2D eigenvalue weighted by Crippen LogP contribution is 2.58. The SMILES string of the molecule is CC(C)[C@H]1CC[C@]2(C)C[C@@H]3[C@H](CO)C[C@@H](O)[C@H]3[C@@](C)(O)CC=C12. The van der Waals surface area contributed by atoms with Gasteiger partial charge in [-0.05, 0) is 68.1 Å². The summed E-state index contributed by atoms with van der Waals surface area (Å²) < 4.78 is 0. The Bertz CT molecular complexity index is 481. The summed E-state index contributed by atoms with van der Waals surface area (Å²) in [5, 5.41) is 31.4. The Morgan fingerprint density at radius 3 is 2.61 bits per heavy atom. The third-order valence-electron chi connectivity index (χ3n) is 7.31. The van der Waals surface area contributed by atoms with E-state index in [0.29, 0.717) is 24.7 Å². The van der Waals surface area contributed by atoms with E-state index in [1.807, 2.05) is 6.92 Å². The summed E-state index contributed by atoms with van der Waals surface area (Å²) in [6.45, 7) is 8.97. The smallest absolute Gasteiger partial charge is 0.0709 e. The summed E-state index contributed by atoms with van der Waals surface area (Å²) >= 11 is 0. The Balaban J connectivity index is 2.01. The lowest BCUT2D eigenvalue weighted by Gasteiger charge is -2.43. The molecule has 3 heteroatoms. The van der Waals surface area contributed by atoms with Crippen molar-refractivity contribution < 1.29 is 15.3 Å². The summed E-state index contributed by atoms with van der Waals surface area (Å²) in [7, 11) is 0. The fourth-order valence-corrected chi connectivity index (χ4v) is 6.09. The van der Waals surface area contributed by atoms with Crippen LogP contribution in [-0.2, 0) is 0 Å². The first-order chi connectivity index (χ1) is 10.7. The van der Waals surface area contributed by atoms with Crippen LogP contribution in [0.15, 0.2) is 11.6 Å². The lowest BCUT2D eigenvalue weighted by Crippen LogP contribution is -2.45. The molecule has 3 aliphatic carbocycles. The predicted octanol–water partition coefficient (Wildman–Crippen LogP) is 3.14. The maximum absolute atomic E-state index is 11.1. The van der Waals surface area contributed by atoms with Crippen LogP contribution in [-0.4, -0.2) is 33.6 Å². The second kappa shape index (κ2) is 5.86. The molecule has 0 aliphatic heterocycles. The summed E-state index contributed by atoms with van der Waals surface area (Å²) in [4.78, 5) is 0. The highest BCUT2D eigenvalue weighted by Gasteiger charge is 2.55. The molecule has 132 valence electrons. The maximum atomic E-state index is 11.1. The quantitative estimate of drug-likeness (QED) is 0.685. The molecule has 0 saturated heterocycles. The molecule has 3 nitrogen and oxygen atoms in total. The minimum Gasteiger partial charge on any atom is -0.396 e. The van der Waals surface area contributed by atoms with Crippen molar-refractivity contribution in [1.82, 2.24) is 0 Å². The number of fused-ring (bicyclic) bond motifs is 2. The van der Waals surface area contributed by atoms with Gasteiger partial charge in [0.15, 0.2) is 0 Å². The van der Waals surface area contributed by atoms with E-state index in [0.717, 1.165) is 6.42 Å². The number of rotatable bonds is 2. The molecule has 3 rings (SSSR count). The Kier molecular flexibility index (Phi) is 4.44. The van der Waals surface area contributed by atoms with Gasteiger partial charge in [-0.25, -0.2) is 0 Å². The lowest BCUT2D eigenvalue weighted by atomic mass is 9.64. The molecule has 0 amide bonds. The fourth-order valence-electron chi connectivity index (χ4n) is 6.09. The summed E-state index contributed by atoms with van der Waals surface area (Å²) in [5.74, 6) is 1.46. The molecule has 0 bridgehead atoms. The van der Waals surface area contributed by atoms with Crippen LogP contribution in [0.2, 0.25) is 0 Å². The summed E-state index contributed by atoms with van der Waals surface area (Å²) in [5.41, 5.74) is 0.822. The fraction of sp³-hybridized carbons (Fsp3) is 0.900. The first-order valence-corrected chi connectivity index (χ1v) is 9.41. The van der Waals surface area contributed by atoms with Gasteiger partial charge < -0.3 is 15.3 Å². The average Bonchev–Trinajstić information content (AvgIpc) is 2.93. The number of hydrogen-bond acceptors (Lipinski definition) is 3. The van der Waals surface area contributed by atoms with Crippen LogP contribution < -0.4 is 0 Å². The molecule has 2 fully saturated rings. The van der Waals surface area contributed by atoms with E-state index in [4.69, 9.17) is 0 Å². The highest BCUT2D eigenvalue weighted by molar-refractivity contribution is 5.26. The zero-order valence-electron chi connectivity index (χ0n) is 15.1. The minimum atomic E-state index is -0.882. The summed E-state index contributed by atoms with van der Waals surface area (Å²) in [6.07, 6.45) is 6.47. The molecule has 3 aliphatic rings. The topological polar surface area (TPSA) is 60.7 Å². The standard InChI is InChI=1S/C20H34O3/c1-12(2)14-5-7-19(3)10-15-13(11-21)9-17(22)18(15)20(4,23)8-6-16(14)19/h6,12-15,17-18,21-23H,5,7-11H2,1-4H3/t13-,14+,15+,17+,18-,19+,20-/m0/s1. The van der Waals surface area contributed by atoms with E-state index in [9.17, 15) is 15.3 Å². The molecule has 3 N–H and O–H groups in total. The van der Waals surface area contributed by atoms with Crippen LogP contribution in [0.3, 0.4) is 0 Å². The third kappa shape index (κ3) is 2.79. The van der Waals surface area contributed by atoms with Crippen LogP contribution >= 0.6 is 0 Å². The molecule has 0 heterocycles. The van der Waals surface area contributed by atoms with Gasteiger partial charge in [0.2, 0.25) is 0 Å². The molecule has 0 spiro atoms. The second-order valence-corrected chi connectivity index (χ2v) is 9.31.